The van der Waals surface area contributed by atoms with Crippen molar-refractivity contribution in [2.24, 2.45) is 5.92 Å². The van der Waals surface area contributed by atoms with Gasteiger partial charge in [-0.1, -0.05) is 19.3 Å². The molecule has 1 rings (SSSR count). The van der Waals surface area contributed by atoms with Crippen LogP contribution in [0.25, 0.3) is 0 Å². The van der Waals surface area contributed by atoms with Gasteiger partial charge in [0.2, 0.25) is 10.0 Å². The molecular formula is C11H21NO4S. The van der Waals surface area contributed by atoms with Gasteiger partial charge in [0.15, 0.2) is 0 Å². The van der Waals surface area contributed by atoms with Gasteiger partial charge in [0.25, 0.3) is 0 Å². The zero-order chi connectivity index (χ0) is 12.9. The van der Waals surface area contributed by atoms with E-state index in [0.29, 0.717) is 0 Å². The molecule has 0 N–H and O–H groups in total. The first kappa shape index (κ1) is 14.4. The predicted molar refractivity (Wildman–Crippen MR) is 65.0 cm³/mol. The van der Waals surface area contributed by atoms with Crippen molar-refractivity contribution in [3.8, 4) is 0 Å². The van der Waals surface area contributed by atoms with Crippen LogP contribution in [0.1, 0.15) is 32.1 Å². The molecule has 100 valence electrons. The minimum Gasteiger partial charge on any atom is -0.468 e. The SMILES string of the molecule is COC(=O)CN(C)S(=O)(=O)CC1CCCCC1. The van der Waals surface area contributed by atoms with Gasteiger partial charge in [-0.25, -0.2) is 8.42 Å². The number of hydrogen-bond donors (Lipinski definition) is 0. The fourth-order valence-electron chi connectivity index (χ4n) is 2.12. The average Bonchev–Trinajstić information content (AvgIpc) is 2.29. The van der Waals surface area contributed by atoms with Gasteiger partial charge in [-0.15, -0.1) is 0 Å². The molecule has 1 aliphatic carbocycles. The van der Waals surface area contributed by atoms with E-state index in [-0.39, 0.29) is 18.2 Å². The molecule has 0 heterocycles. The number of nitrogens with zero attached hydrogens (tertiary/aromatic N) is 1. The maximum atomic E-state index is 12.0. The van der Waals surface area contributed by atoms with E-state index in [9.17, 15) is 13.2 Å². The van der Waals surface area contributed by atoms with E-state index in [4.69, 9.17) is 0 Å². The summed E-state index contributed by atoms with van der Waals surface area (Å²) in [4.78, 5) is 11.0. The minimum atomic E-state index is -3.33. The first-order valence-corrected chi connectivity index (χ1v) is 7.57. The van der Waals surface area contributed by atoms with E-state index in [0.717, 1.165) is 30.0 Å². The van der Waals surface area contributed by atoms with E-state index >= 15 is 0 Å². The monoisotopic (exact) mass is 263 g/mol. The zero-order valence-corrected chi connectivity index (χ0v) is 11.3. The second-order valence-electron chi connectivity index (χ2n) is 4.61. The third-order valence-corrected chi connectivity index (χ3v) is 5.20. The Kier molecular flexibility index (Phi) is 5.39. The molecule has 0 aliphatic heterocycles. The average molecular weight is 263 g/mol. The van der Waals surface area contributed by atoms with E-state index in [2.05, 4.69) is 4.74 Å². The lowest BCUT2D eigenvalue weighted by atomic mass is 9.91. The third kappa shape index (κ3) is 4.63. The van der Waals surface area contributed by atoms with Gasteiger partial charge in [0.1, 0.15) is 6.54 Å². The Balaban J connectivity index is 2.51. The number of carbonyl (C=O) groups excluding carboxylic acids is 1. The van der Waals surface area contributed by atoms with Crippen LogP contribution in [0.4, 0.5) is 0 Å². The highest BCUT2D eigenvalue weighted by Crippen LogP contribution is 2.25. The molecule has 17 heavy (non-hydrogen) atoms. The van der Waals surface area contributed by atoms with Crippen molar-refractivity contribution >= 4 is 16.0 Å². The molecule has 0 aromatic heterocycles. The molecule has 0 atom stereocenters. The molecule has 0 aromatic rings. The summed E-state index contributed by atoms with van der Waals surface area (Å²) < 4.78 is 29.5. The molecule has 5 nitrogen and oxygen atoms in total. The van der Waals surface area contributed by atoms with Gasteiger partial charge in [-0.3, -0.25) is 4.79 Å². The number of likely N-dealkylation sites (N-methyl/N-ethyl adjacent to an activating group) is 1. The Hall–Kier alpha value is -0.620. The van der Waals surface area contributed by atoms with Crippen LogP contribution in [0.2, 0.25) is 0 Å². The second-order valence-corrected chi connectivity index (χ2v) is 6.74. The Morgan fingerprint density at radius 1 is 1.29 bits per heavy atom. The van der Waals surface area contributed by atoms with Crippen LogP contribution < -0.4 is 0 Å². The maximum absolute atomic E-state index is 12.0. The first-order chi connectivity index (χ1) is 7.95. The van der Waals surface area contributed by atoms with Crippen molar-refractivity contribution in [2.75, 3.05) is 26.5 Å². The van der Waals surface area contributed by atoms with Crippen LogP contribution in [0.5, 0.6) is 0 Å². The fourth-order valence-corrected chi connectivity index (χ4v) is 3.61. The summed E-state index contributed by atoms with van der Waals surface area (Å²) in [5, 5.41) is 0. The number of sulfonamides is 1. The Morgan fingerprint density at radius 2 is 1.88 bits per heavy atom. The molecule has 1 aliphatic rings. The van der Waals surface area contributed by atoms with Crippen molar-refractivity contribution in [1.82, 2.24) is 4.31 Å². The molecule has 0 spiro atoms. The molecule has 1 fully saturated rings. The topological polar surface area (TPSA) is 63.7 Å². The smallest absolute Gasteiger partial charge is 0.320 e. The molecule has 0 unspecified atom stereocenters. The summed E-state index contributed by atoms with van der Waals surface area (Å²) in [7, 11) is -0.653. The van der Waals surface area contributed by atoms with Crippen LogP contribution in [0.3, 0.4) is 0 Å². The molecule has 1 saturated carbocycles. The Labute approximate surface area is 103 Å². The summed E-state index contributed by atoms with van der Waals surface area (Å²) in [6.07, 6.45) is 5.38. The second kappa shape index (κ2) is 6.35. The number of hydrogen-bond acceptors (Lipinski definition) is 4. The summed E-state index contributed by atoms with van der Waals surface area (Å²) in [6, 6.07) is 0. The molecule has 6 heteroatoms. The summed E-state index contributed by atoms with van der Waals surface area (Å²) >= 11 is 0. The summed E-state index contributed by atoms with van der Waals surface area (Å²) in [5.41, 5.74) is 0. The molecular weight excluding hydrogens is 242 g/mol. The molecule has 0 aromatic carbocycles. The van der Waals surface area contributed by atoms with Crippen molar-refractivity contribution < 1.29 is 17.9 Å². The Bertz CT molecular complexity index is 346. The lowest BCUT2D eigenvalue weighted by molar-refractivity contribution is -0.140. The van der Waals surface area contributed by atoms with Crippen LogP contribution in [-0.4, -0.2) is 45.1 Å². The van der Waals surface area contributed by atoms with Crippen LogP contribution in [0, 0.1) is 5.92 Å². The molecule has 0 saturated heterocycles. The van der Waals surface area contributed by atoms with E-state index in [1.165, 1.54) is 20.6 Å². The van der Waals surface area contributed by atoms with E-state index in [1.807, 2.05) is 0 Å². The van der Waals surface area contributed by atoms with Crippen molar-refractivity contribution in [1.29, 1.82) is 0 Å². The fraction of sp³-hybridized carbons (Fsp3) is 0.909. The van der Waals surface area contributed by atoms with Gasteiger partial charge in [-0.2, -0.15) is 4.31 Å². The first-order valence-electron chi connectivity index (χ1n) is 5.96. The highest BCUT2D eigenvalue weighted by molar-refractivity contribution is 7.89. The quantitative estimate of drug-likeness (QED) is 0.694. The van der Waals surface area contributed by atoms with Gasteiger partial charge >= 0.3 is 5.97 Å². The molecule has 0 bridgehead atoms. The third-order valence-electron chi connectivity index (χ3n) is 3.23. The normalized spacial score (nSPS) is 18.3. The highest BCUT2D eigenvalue weighted by atomic mass is 32.2. The molecule has 0 amide bonds. The highest BCUT2D eigenvalue weighted by Gasteiger charge is 2.26. The van der Waals surface area contributed by atoms with Crippen molar-refractivity contribution in [3.63, 3.8) is 0 Å². The van der Waals surface area contributed by atoms with Crippen molar-refractivity contribution in [2.45, 2.75) is 32.1 Å². The lowest BCUT2D eigenvalue weighted by Gasteiger charge is -2.24. The van der Waals surface area contributed by atoms with Crippen LogP contribution in [-0.2, 0) is 19.6 Å². The summed E-state index contributed by atoms with van der Waals surface area (Å²) in [5.74, 6) is -0.130. The number of esters is 1. The van der Waals surface area contributed by atoms with Gasteiger partial charge in [0.05, 0.1) is 12.9 Å². The van der Waals surface area contributed by atoms with Crippen LogP contribution in [0.15, 0.2) is 0 Å². The van der Waals surface area contributed by atoms with Crippen LogP contribution >= 0.6 is 0 Å². The van der Waals surface area contributed by atoms with Gasteiger partial charge in [-0.05, 0) is 18.8 Å². The number of rotatable bonds is 5. The standard InChI is InChI=1S/C11H21NO4S/c1-12(8-11(13)16-2)17(14,15)9-10-6-4-3-5-7-10/h10H,3-9H2,1-2H3. The lowest BCUT2D eigenvalue weighted by Crippen LogP contribution is -2.36. The molecule has 0 radical (unpaired) electrons. The zero-order valence-electron chi connectivity index (χ0n) is 10.5. The number of ether oxygens (including phenoxy) is 1. The maximum Gasteiger partial charge on any atom is 0.320 e. The number of methoxy groups -OCH3 is 1. The van der Waals surface area contributed by atoms with Crippen molar-refractivity contribution in [3.05, 3.63) is 0 Å². The summed E-state index contributed by atoms with van der Waals surface area (Å²) in [6.45, 7) is -0.203. The largest absolute Gasteiger partial charge is 0.468 e. The predicted octanol–water partition coefficient (Wildman–Crippen LogP) is 1.00. The minimum absolute atomic E-state index is 0.153. The van der Waals surface area contributed by atoms with Gasteiger partial charge in [0, 0.05) is 7.05 Å². The van der Waals surface area contributed by atoms with E-state index in [1.54, 1.807) is 0 Å². The Morgan fingerprint density at radius 3 is 2.41 bits per heavy atom. The number of carbonyl (C=O) groups is 1. The van der Waals surface area contributed by atoms with Gasteiger partial charge < -0.3 is 4.74 Å². The van der Waals surface area contributed by atoms with E-state index < -0.39 is 16.0 Å².